The minimum absolute atomic E-state index is 0.286. The summed E-state index contributed by atoms with van der Waals surface area (Å²) in [5.74, 6) is -0.453. The van der Waals surface area contributed by atoms with Crippen molar-refractivity contribution in [2.75, 3.05) is 12.9 Å². The first kappa shape index (κ1) is 17.3. The molecule has 0 fully saturated rings. The first-order valence-corrected chi connectivity index (χ1v) is 9.80. The van der Waals surface area contributed by atoms with Crippen molar-refractivity contribution in [2.45, 2.75) is 11.8 Å². The lowest BCUT2D eigenvalue weighted by Crippen LogP contribution is -2.06. The van der Waals surface area contributed by atoms with Gasteiger partial charge in [-0.15, -0.1) is 23.1 Å². The fourth-order valence-corrected chi connectivity index (χ4v) is 4.42. The van der Waals surface area contributed by atoms with Crippen molar-refractivity contribution in [2.24, 2.45) is 0 Å². The number of carbonyl (C=O) groups is 1. The van der Waals surface area contributed by atoms with Crippen LogP contribution in [0.3, 0.4) is 0 Å². The molecule has 3 rings (SSSR count). The smallest absolute Gasteiger partial charge is 0.355 e. The number of thiophene rings is 1. The van der Waals surface area contributed by atoms with E-state index in [1.54, 1.807) is 36.2 Å². The third-order valence-corrected chi connectivity index (χ3v) is 5.64. The number of carbonyl (C=O) groups excluding carboxylic acids is 1. The van der Waals surface area contributed by atoms with Crippen molar-refractivity contribution in [3.63, 3.8) is 0 Å². The highest BCUT2D eigenvalue weighted by Gasteiger charge is 2.20. The van der Waals surface area contributed by atoms with E-state index in [0.717, 1.165) is 11.1 Å². The maximum atomic E-state index is 12.1. The van der Waals surface area contributed by atoms with E-state index in [-0.39, 0.29) is 6.61 Å². The van der Waals surface area contributed by atoms with Crippen LogP contribution in [0.2, 0.25) is 0 Å². The van der Waals surface area contributed by atoms with Crippen LogP contribution in [0.5, 0.6) is 0 Å². The minimum Gasteiger partial charge on any atom is -0.461 e. The van der Waals surface area contributed by atoms with Gasteiger partial charge in [0.05, 0.1) is 12.2 Å². The van der Waals surface area contributed by atoms with Crippen molar-refractivity contribution >= 4 is 29.1 Å². The Morgan fingerprint density at radius 1 is 1.28 bits per heavy atom. The Bertz CT molecular complexity index is 933. The molecule has 0 saturated heterocycles. The monoisotopic (exact) mass is 368 g/mol. The van der Waals surface area contributed by atoms with E-state index in [4.69, 9.17) is 4.74 Å². The van der Waals surface area contributed by atoms with Gasteiger partial charge >= 0.3 is 5.97 Å². The number of nitrogens with zero attached hydrogens (tertiary/aromatic N) is 1. The van der Waals surface area contributed by atoms with Crippen LogP contribution in [0.4, 0.5) is 0 Å². The van der Waals surface area contributed by atoms with Crippen molar-refractivity contribution in [3.05, 3.63) is 53.2 Å². The Balaban J connectivity index is 2.02. The molecular weight excluding hydrogens is 352 g/mol. The zero-order valence-electron chi connectivity index (χ0n) is 13.8. The van der Waals surface area contributed by atoms with Gasteiger partial charge < -0.3 is 9.72 Å². The Morgan fingerprint density at radius 3 is 2.64 bits per heavy atom. The molecule has 0 aliphatic heterocycles. The van der Waals surface area contributed by atoms with E-state index in [1.165, 1.54) is 9.77 Å². The normalized spacial score (nSPS) is 10.4. The molecule has 126 valence electrons. The number of rotatable bonds is 5. The second-order valence-corrected chi connectivity index (χ2v) is 6.94. The fraction of sp³-hybridized carbons (Fsp3) is 0.158. The number of aromatic amines is 1. The first-order chi connectivity index (χ1) is 12.2. The van der Waals surface area contributed by atoms with Crippen LogP contribution >= 0.6 is 23.1 Å². The van der Waals surface area contributed by atoms with Crippen molar-refractivity contribution in [1.82, 2.24) is 4.98 Å². The molecule has 25 heavy (non-hydrogen) atoms. The standard InChI is InChI=1S/C19H16N2O2S2/c1-3-23-19(22)17-16(14(10-20)11-21-17)12-4-6-13(7-5-12)18-15(24-2)8-9-25-18/h4-9,11,21H,3H2,1-2H3. The van der Waals surface area contributed by atoms with Gasteiger partial charge in [-0.05, 0) is 35.8 Å². The molecule has 2 aromatic heterocycles. The van der Waals surface area contributed by atoms with Crippen LogP contribution in [-0.4, -0.2) is 23.8 Å². The third kappa shape index (κ3) is 3.34. The molecule has 0 atom stereocenters. The van der Waals surface area contributed by atoms with Crippen LogP contribution in [-0.2, 0) is 4.74 Å². The highest BCUT2D eigenvalue weighted by atomic mass is 32.2. The van der Waals surface area contributed by atoms with Gasteiger partial charge in [0, 0.05) is 21.5 Å². The summed E-state index contributed by atoms with van der Waals surface area (Å²) in [6.07, 6.45) is 3.60. The molecular formula is C19H16N2O2S2. The maximum absolute atomic E-state index is 12.1. The molecule has 4 nitrogen and oxygen atoms in total. The van der Waals surface area contributed by atoms with Gasteiger partial charge in [-0.3, -0.25) is 0 Å². The first-order valence-electron chi connectivity index (χ1n) is 7.70. The predicted molar refractivity (Wildman–Crippen MR) is 102 cm³/mol. The lowest BCUT2D eigenvalue weighted by atomic mass is 10.00. The van der Waals surface area contributed by atoms with Crippen LogP contribution in [0.1, 0.15) is 23.0 Å². The van der Waals surface area contributed by atoms with E-state index in [9.17, 15) is 10.1 Å². The zero-order valence-corrected chi connectivity index (χ0v) is 15.5. The second kappa shape index (κ2) is 7.60. The predicted octanol–water partition coefficient (Wildman–Crippen LogP) is 5.18. The zero-order chi connectivity index (χ0) is 17.8. The van der Waals surface area contributed by atoms with Gasteiger partial charge in [0.2, 0.25) is 0 Å². The third-order valence-electron chi connectivity index (χ3n) is 3.76. The number of nitriles is 1. The summed E-state index contributed by atoms with van der Waals surface area (Å²) in [4.78, 5) is 17.5. The van der Waals surface area contributed by atoms with Crippen LogP contribution in [0, 0.1) is 11.3 Å². The SMILES string of the molecule is CCOC(=O)c1[nH]cc(C#N)c1-c1ccc(-c2sccc2SC)cc1. The molecule has 0 amide bonds. The van der Waals surface area contributed by atoms with Gasteiger partial charge in [0.15, 0.2) is 0 Å². The number of hydrogen-bond acceptors (Lipinski definition) is 5. The molecule has 0 aliphatic rings. The molecule has 0 unspecified atom stereocenters. The topological polar surface area (TPSA) is 65.9 Å². The van der Waals surface area contributed by atoms with Gasteiger partial charge in [0.25, 0.3) is 0 Å². The summed E-state index contributed by atoms with van der Waals surface area (Å²) in [6, 6.07) is 12.1. The quantitative estimate of drug-likeness (QED) is 0.498. The molecule has 1 N–H and O–H groups in total. The number of thioether (sulfide) groups is 1. The van der Waals surface area contributed by atoms with Gasteiger partial charge in [-0.1, -0.05) is 24.3 Å². The summed E-state index contributed by atoms with van der Waals surface area (Å²) >= 11 is 3.42. The molecule has 0 bridgehead atoms. The van der Waals surface area contributed by atoms with Crippen molar-refractivity contribution in [3.8, 4) is 27.6 Å². The number of H-pyrrole nitrogens is 1. The lowest BCUT2D eigenvalue weighted by Gasteiger charge is -2.07. The second-order valence-electron chi connectivity index (χ2n) is 5.18. The molecule has 0 saturated carbocycles. The highest BCUT2D eigenvalue weighted by molar-refractivity contribution is 7.98. The van der Waals surface area contributed by atoms with Crippen molar-refractivity contribution < 1.29 is 9.53 Å². The number of aromatic nitrogens is 1. The summed E-state index contributed by atoms with van der Waals surface area (Å²) in [5.41, 5.74) is 3.26. The summed E-state index contributed by atoms with van der Waals surface area (Å²) < 4.78 is 5.08. The molecule has 2 heterocycles. The number of nitrogens with one attached hydrogen (secondary N) is 1. The van der Waals surface area contributed by atoms with E-state index >= 15 is 0 Å². The summed E-state index contributed by atoms with van der Waals surface area (Å²) in [6.45, 7) is 2.04. The van der Waals surface area contributed by atoms with Gasteiger partial charge in [-0.2, -0.15) is 5.26 Å². The molecule has 0 aliphatic carbocycles. The van der Waals surface area contributed by atoms with E-state index in [1.807, 2.05) is 24.3 Å². The average molecular weight is 368 g/mol. The van der Waals surface area contributed by atoms with E-state index in [0.29, 0.717) is 16.8 Å². The average Bonchev–Trinajstić information content (AvgIpc) is 3.28. The Labute approximate surface area is 154 Å². The highest BCUT2D eigenvalue weighted by Crippen LogP contribution is 2.36. The Kier molecular flexibility index (Phi) is 5.27. The van der Waals surface area contributed by atoms with E-state index in [2.05, 4.69) is 28.8 Å². The van der Waals surface area contributed by atoms with E-state index < -0.39 is 5.97 Å². The van der Waals surface area contributed by atoms with Gasteiger partial charge in [0.1, 0.15) is 11.8 Å². The Hall–Kier alpha value is -2.49. The molecule has 1 aromatic carbocycles. The molecule has 3 aromatic rings. The molecule has 0 radical (unpaired) electrons. The maximum Gasteiger partial charge on any atom is 0.355 e. The Morgan fingerprint density at radius 2 is 2.00 bits per heavy atom. The number of esters is 1. The molecule has 0 spiro atoms. The summed E-state index contributed by atoms with van der Waals surface area (Å²) in [5, 5.41) is 11.4. The number of hydrogen-bond donors (Lipinski definition) is 1. The summed E-state index contributed by atoms with van der Waals surface area (Å²) in [7, 11) is 0. The molecule has 6 heteroatoms. The van der Waals surface area contributed by atoms with Crippen LogP contribution in [0.25, 0.3) is 21.6 Å². The number of ether oxygens (including phenoxy) is 1. The fourth-order valence-electron chi connectivity index (χ4n) is 2.63. The minimum atomic E-state index is -0.453. The largest absolute Gasteiger partial charge is 0.461 e. The number of benzene rings is 1. The van der Waals surface area contributed by atoms with Crippen molar-refractivity contribution in [1.29, 1.82) is 5.26 Å². The van der Waals surface area contributed by atoms with Crippen LogP contribution in [0.15, 0.2) is 46.8 Å². The van der Waals surface area contributed by atoms with Gasteiger partial charge in [-0.25, -0.2) is 4.79 Å². The lowest BCUT2D eigenvalue weighted by molar-refractivity contribution is 0.0521. The van der Waals surface area contributed by atoms with Crippen LogP contribution < -0.4 is 0 Å².